The first-order valence-electron chi connectivity index (χ1n) is 18.1. The molecule has 272 valence electrons. The van der Waals surface area contributed by atoms with Crippen molar-refractivity contribution in [1.29, 1.82) is 0 Å². The third-order valence-electron chi connectivity index (χ3n) is 9.91. The molecule has 1 N–H and O–H groups in total. The standard InChI is InChI=1S/C48H48N3O.Pt/c1-46(2,3)35-26-36(47(4,5)6)28-38(27-35)51-42-30-37(48(7,8)9)29-40(33-18-15-19-34(24-33)41-20-13-14-23-49-41)44(42)50-45(51)39-22-21-32(25-43(39)52)31-16-11-10-12-17-31;/h10-23,25-30,52H,1-9H3;/q-1;. The second-order valence-corrected chi connectivity index (χ2v) is 17.0. The average Bonchev–Trinajstić information content (AvgIpc) is 3.50. The minimum absolute atomic E-state index is 0. The van der Waals surface area contributed by atoms with Crippen LogP contribution in [0.4, 0.5) is 0 Å². The van der Waals surface area contributed by atoms with E-state index in [1.54, 1.807) is 0 Å². The van der Waals surface area contributed by atoms with Gasteiger partial charge < -0.3 is 5.11 Å². The van der Waals surface area contributed by atoms with E-state index < -0.39 is 0 Å². The van der Waals surface area contributed by atoms with Gasteiger partial charge >= 0.3 is 0 Å². The van der Waals surface area contributed by atoms with E-state index >= 15 is 0 Å². The summed E-state index contributed by atoms with van der Waals surface area (Å²) in [6, 6.07) is 43.5. The maximum atomic E-state index is 11.8. The molecule has 53 heavy (non-hydrogen) atoms. The average molecular weight is 878 g/mol. The molecule has 0 bridgehead atoms. The molecule has 0 aliphatic heterocycles. The van der Waals surface area contributed by atoms with Crippen molar-refractivity contribution in [2.75, 3.05) is 0 Å². The van der Waals surface area contributed by atoms with E-state index in [2.05, 4.69) is 145 Å². The zero-order valence-electron chi connectivity index (χ0n) is 32.2. The predicted octanol–water partition coefficient (Wildman–Crippen LogP) is 12.5. The number of pyridine rings is 1. The largest absolute Gasteiger partial charge is 0.507 e. The van der Waals surface area contributed by atoms with Crippen LogP contribution in [-0.4, -0.2) is 19.6 Å². The number of rotatable bonds is 5. The molecule has 0 radical (unpaired) electrons. The Morgan fingerprint density at radius 3 is 1.79 bits per heavy atom. The first-order valence-corrected chi connectivity index (χ1v) is 18.1. The maximum Gasteiger partial charge on any atom is 0.148 e. The van der Waals surface area contributed by atoms with E-state index in [1.807, 2.05) is 54.7 Å². The van der Waals surface area contributed by atoms with Gasteiger partial charge in [0.25, 0.3) is 0 Å². The molecule has 0 unspecified atom stereocenters. The van der Waals surface area contributed by atoms with Gasteiger partial charge in [-0.2, -0.15) is 0 Å². The minimum Gasteiger partial charge on any atom is -0.507 e. The van der Waals surface area contributed by atoms with Crippen LogP contribution in [-0.2, 0) is 37.3 Å². The number of phenolic OH excluding ortho intramolecular Hbond substituents is 1. The van der Waals surface area contributed by atoms with Crippen LogP contribution >= 0.6 is 0 Å². The second kappa shape index (κ2) is 14.2. The van der Waals surface area contributed by atoms with Gasteiger partial charge in [-0.1, -0.05) is 134 Å². The van der Waals surface area contributed by atoms with Gasteiger partial charge in [-0.05, 0) is 80.5 Å². The Balaban J connectivity index is 0.00000481. The predicted molar refractivity (Wildman–Crippen MR) is 217 cm³/mol. The Hall–Kier alpha value is -4.79. The maximum absolute atomic E-state index is 11.8. The molecule has 0 amide bonds. The second-order valence-electron chi connectivity index (χ2n) is 17.0. The summed E-state index contributed by atoms with van der Waals surface area (Å²) in [6.07, 6.45) is 1.81. The third kappa shape index (κ3) is 7.66. The van der Waals surface area contributed by atoms with Gasteiger partial charge in [0.1, 0.15) is 11.6 Å². The summed E-state index contributed by atoms with van der Waals surface area (Å²) in [5.41, 5.74) is 12.6. The molecule has 4 nitrogen and oxygen atoms in total. The summed E-state index contributed by atoms with van der Waals surface area (Å²) in [5, 5.41) is 11.8. The van der Waals surface area contributed by atoms with Crippen LogP contribution < -0.4 is 0 Å². The van der Waals surface area contributed by atoms with Crippen molar-refractivity contribution >= 4 is 11.0 Å². The molecule has 5 aromatic carbocycles. The topological polar surface area (TPSA) is 50.9 Å². The number of imidazole rings is 1. The summed E-state index contributed by atoms with van der Waals surface area (Å²) < 4.78 is 2.26. The van der Waals surface area contributed by atoms with Crippen LogP contribution in [0.5, 0.6) is 5.75 Å². The summed E-state index contributed by atoms with van der Waals surface area (Å²) in [5.74, 6) is 0.869. The van der Waals surface area contributed by atoms with Gasteiger partial charge in [-0.3, -0.25) is 9.55 Å². The van der Waals surface area contributed by atoms with Crippen LogP contribution in [0.2, 0.25) is 0 Å². The fraction of sp³-hybridized carbons (Fsp3) is 0.250. The number of fused-ring (bicyclic) bond motifs is 1. The zero-order valence-corrected chi connectivity index (χ0v) is 34.4. The fourth-order valence-corrected chi connectivity index (χ4v) is 6.69. The smallest absolute Gasteiger partial charge is 0.148 e. The number of benzene rings is 5. The molecule has 5 heteroatoms. The van der Waals surface area contributed by atoms with E-state index in [-0.39, 0.29) is 43.1 Å². The molecule has 0 atom stereocenters. The van der Waals surface area contributed by atoms with Crippen molar-refractivity contribution in [3.05, 3.63) is 144 Å². The van der Waals surface area contributed by atoms with Crippen molar-refractivity contribution in [2.24, 2.45) is 0 Å². The van der Waals surface area contributed by atoms with Crippen molar-refractivity contribution in [3.63, 3.8) is 0 Å². The molecule has 7 rings (SSSR count). The Labute approximate surface area is 329 Å². The molecule has 2 aromatic heterocycles. The van der Waals surface area contributed by atoms with Crippen molar-refractivity contribution in [3.8, 4) is 56.3 Å². The Bertz CT molecular complexity index is 2380. The number of nitrogens with zero attached hydrogens (tertiary/aromatic N) is 3. The molecule has 0 saturated carbocycles. The van der Waals surface area contributed by atoms with Gasteiger partial charge in [0.2, 0.25) is 0 Å². The SMILES string of the molecule is CC(C)(C)c1cc(-n2c(-c3ccc(-c4ccccc4)cc3O)nc3c(-c4[c-]c(-c5ccccn5)ccc4)cc(C(C)(C)C)cc32)cc(C(C)(C)C)c1.[Pt]. The molecule has 0 spiro atoms. The van der Waals surface area contributed by atoms with Crippen LogP contribution in [0.15, 0.2) is 121 Å². The molecule has 0 fully saturated rings. The van der Waals surface area contributed by atoms with E-state index in [0.717, 1.165) is 50.2 Å². The van der Waals surface area contributed by atoms with Crippen molar-refractivity contribution in [2.45, 2.75) is 78.6 Å². The molecule has 0 aliphatic rings. The Morgan fingerprint density at radius 1 is 0.566 bits per heavy atom. The number of phenols is 1. The molecule has 7 aromatic rings. The summed E-state index contributed by atoms with van der Waals surface area (Å²) in [4.78, 5) is 10.1. The summed E-state index contributed by atoms with van der Waals surface area (Å²) in [7, 11) is 0. The Kier molecular flexibility index (Phi) is 10.2. The normalized spacial score (nSPS) is 12.2. The van der Waals surface area contributed by atoms with Crippen LogP contribution in [0.1, 0.15) is 79.0 Å². The molecule has 2 heterocycles. The fourth-order valence-electron chi connectivity index (χ4n) is 6.69. The van der Waals surface area contributed by atoms with Crippen LogP contribution in [0, 0.1) is 6.07 Å². The third-order valence-corrected chi connectivity index (χ3v) is 9.91. The van der Waals surface area contributed by atoms with E-state index in [4.69, 9.17) is 4.98 Å². The van der Waals surface area contributed by atoms with Gasteiger partial charge in [-0.15, -0.1) is 29.8 Å². The zero-order chi connectivity index (χ0) is 37.0. The van der Waals surface area contributed by atoms with Crippen LogP contribution in [0.3, 0.4) is 0 Å². The van der Waals surface area contributed by atoms with Crippen LogP contribution in [0.25, 0.3) is 61.6 Å². The van der Waals surface area contributed by atoms with Crippen molar-refractivity contribution < 1.29 is 26.2 Å². The summed E-state index contributed by atoms with van der Waals surface area (Å²) in [6.45, 7) is 20.3. The first-order chi connectivity index (χ1) is 24.6. The number of aromatic hydroxyl groups is 1. The Morgan fingerprint density at radius 2 is 1.19 bits per heavy atom. The summed E-state index contributed by atoms with van der Waals surface area (Å²) >= 11 is 0. The molecular weight excluding hydrogens is 830 g/mol. The van der Waals surface area contributed by atoms with E-state index in [0.29, 0.717) is 11.4 Å². The van der Waals surface area contributed by atoms with Gasteiger partial charge in [0.05, 0.1) is 16.6 Å². The number of aromatic nitrogens is 3. The first kappa shape index (κ1) is 37.9. The molecule has 0 aliphatic carbocycles. The van der Waals surface area contributed by atoms with Crippen molar-refractivity contribution in [1.82, 2.24) is 14.5 Å². The molecular formula is C48H48N3OPt-. The number of hydrogen-bond donors (Lipinski definition) is 1. The molecule has 0 saturated heterocycles. The van der Waals surface area contributed by atoms with Gasteiger partial charge in [0.15, 0.2) is 0 Å². The number of hydrogen-bond acceptors (Lipinski definition) is 3. The van der Waals surface area contributed by atoms with Gasteiger partial charge in [-0.25, -0.2) is 4.98 Å². The monoisotopic (exact) mass is 877 g/mol. The quantitative estimate of drug-likeness (QED) is 0.175. The van der Waals surface area contributed by atoms with E-state index in [9.17, 15) is 5.11 Å². The van der Waals surface area contributed by atoms with E-state index in [1.165, 1.54) is 16.7 Å². The van der Waals surface area contributed by atoms with Gasteiger partial charge in [0, 0.05) is 38.6 Å². The minimum atomic E-state index is -0.153.